The number of amides is 1. The molecule has 0 saturated carbocycles. The molecule has 0 bridgehead atoms. The highest BCUT2D eigenvalue weighted by Crippen LogP contribution is 2.23. The van der Waals surface area contributed by atoms with Gasteiger partial charge in [0.1, 0.15) is 30.5 Å². The van der Waals surface area contributed by atoms with Crippen LogP contribution in [-0.4, -0.2) is 104 Å². The lowest BCUT2D eigenvalue weighted by molar-refractivity contribution is -0.303. The number of alkyl halides is 1. The second kappa shape index (κ2) is 42.3. The maximum Gasteiger partial charge on any atom is 0.220 e. The maximum absolute atomic E-state index is 13.0. The van der Waals surface area contributed by atoms with Crippen molar-refractivity contribution in [1.29, 1.82) is 0 Å². The molecule has 0 unspecified atom stereocenters. The first-order valence-corrected chi connectivity index (χ1v) is 27.0. The summed E-state index contributed by atoms with van der Waals surface area (Å²) in [5.41, 5.74) is 0. The fourth-order valence-corrected chi connectivity index (χ4v) is 9.03. The minimum Gasteiger partial charge on any atom is -0.394 e. The lowest BCUT2D eigenvalue weighted by Gasteiger charge is -2.40. The van der Waals surface area contributed by atoms with Gasteiger partial charge in [-0.3, -0.25) is 4.79 Å². The van der Waals surface area contributed by atoms with Crippen LogP contribution >= 0.6 is 15.9 Å². The third kappa shape index (κ3) is 32.0. The van der Waals surface area contributed by atoms with Gasteiger partial charge in [-0.2, -0.15) is 0 Å². The molecule has 1 fully saturated rings. The van der Waals surface area contributed by atoms with Crippen molar-refractivity contribution in [1.82, 2.24) is 5.32 Å². The summed E-state index contributed by atoms with van der Waals surface area (Å²) in [7, 11) is 0. The maximum atomic E-state index is 13.0. The largest absolute Gasteiger partial charge is 0.394 e. The Labute approximate surface area is 382 Å². The van der Waals surface area contributed by atoms with Crippen LogP contribution in [0.3, 0.4) is 0 Å². The number of hydrogen-bond acceptors (Lipinski definition) is 9. The number of hydrogen-bond donors (Lipinski definition) is 7. The van der Waals surface area contributed by atoms with Crippen molar-refractivity contribution in [2.45, 2.75) is 293 Å². The molecule has 0 aromatic rings. The lowest BCUT2D eigenvalue weighted by Crippen LogP contribution is -2.60. The lowest BCUT2D eigenvalue weighted by atomic mass is 9.98. The van der Waals surface area contributed by atoms with Gasteiger partial charge in [-0.05, 0) is 19.3 Å². The first kappa shape index (κ1) is 58.6. The van der Waals surface area contributed by atoms with E-state index in [1.807, 2.05) is 0 Å². The van der Waals surface area contributed by atoms with Crippen LogP contribution in [0.2, 0.25) is 0 Å². The van der Waals surface area contributed by atoms with Gasteiger partial charge in [0.15, 0.2) is 6.29 Å². The molecule has 1 heterocycles. The van der Waals surface area contributed by atoms with E-state index < -0.39 is 55.6 Å². The monoisotopic (exact) mass is 936 g/mol. The van der Waals surface area contributed by atoms with E-state index in [-0.39, 0.29) is 18.9 Å². The summed E-state index contributed by atoms with van der Waals surface area (Å²) in [4.78, 5) is 13.0. The predicted octanol–water partition coefficient (Wildman–Crippen LogP) is 10.9. The van der Waals surface area contributed by atoms with Gasteiger partial charge in [0.05, 0.1) is 25.4 Å². The fourth-order valence-electron chi connectivity index (χ4n) is 8.63. The van der Waals surface area contributed by atoms with Crippen LogP contribution in [0.25, 0.3) is 0 Å². The zero-order valence-corrected chi connectivity index (χ0v) is 40.8. The molecular weight excluding hydrogens is 838 g/mol. The zero-order chi connectivity index (χ0) is 44.6. The second-order valence-electron chi connectivity index (χ2n) is 18.5. The molecular formula is C50H98BrNO9. The number of carbonyl (C=O) groups is 1. The molecule has 0 aromatic carbocycles. The summed E-state index contributed by atoms with van der Waals surface area (Å²) in [5.74, 6) is -0.253. The van der Waals surface area contributed by atoms with Gasteiger partial charge >= 0.3 is 0 Å². The second-order valence-corrected chi connectivity index (χ2v) is 19.3. The van der Waals surface area contributed by atoms with Crippen LogP contribution < -0.4 is 5.32 Å². The molecule has 1 amide bonds. The number of carbonyl (C=O) groups excluding carboxylic acids is 1. The Bertz CT molecular complexity index is 949. The minimum atomic E-state index is -1.60. The zero-order valence-electron chi connectivity index (χ0n) is 39.2. The summed E-state index contributed by atoms with van der Waals surface area (Å²) < 4.78 is 11.2. The van der Waals surface area contributed by atoms with Gasteiger partial charge in [0, 0.05) is 11.8 Å². The van der Waals surface area contributed by atoms with Crippen LogP contribution in [0, 0.1) is 0 Å². The third-order valence-electron chi connectivity index (χ3n) is 12.8. The number of halogens is 1. The number of aliphatic hydroxyl groups is 6. The molecule has 8 atom stereocenters. The number of unbranched alkanes of at least 4 members (excludes halogenated alkanes) is 33. The van der Waals surface area contributed by atoms with E-state index in [9.17, 15) is 35.4 Å². The molecule has 10 nitrogen and oxygen atoms in total. The van der Waals surface area contributed by atoms with Crippen molar-refractivity contribution < 1.29 is 44.9 Å². The smallest absolute Gasteiger partial charge is 0.220 e. The van der Waals surface area contributed by atoms with Crippen molar-refractivity contribution >= 4 is 21.8 Å². The van der Waals surface area contributed by atoms with Gasteiger partial charge in [0.2, 0.25) is 5.91 Å². The molecule has 0 radical (unpaired) electrons. The van der Waals surface area contributed by atoms with Gasteiger partial charge in [0.25, 0.3) is 0 Å². The van der Waals surface area contributed by atoms with Gasteiger partial charge in [-0.1, -0.05) is 235 Å². The Morgan fingerprint density at radius 1 is 0.557 bits per heavy atom. The van der Waals surface area contributed by atoms with Crippen LogP contribution in [0.15, 0.2) is 0 Å². The van der Waals surface area contributed by atoms with E-state index in [4.69, 9.17) is 9.47 Å². The van der Waals surface area contributed by atoms with E-state index in [0.717, 1.165) is 50.3 Å². The highest BCUT2D eigenvalue weighted by molar-refractivity contribution is 9.09. The van der Waals surface area contributed by atoms with Gasteiger partial charge in [-0.15, -0.1) is 0 Å². The van der Waals surface area contributed by atoms with Gasteiger partial charge in [-0.25, -0.2) is 0 Å². The Morgan fingerprint density at radius 3 is 1.33 bits per heavy atom. The number of nitrogens with one attached hydrogen (secondary N) is 1. The Hall–Kier alpha value is -0.370. The molecule has 0 aliphatic carbocycles. The third-order valence-corrected chi connectivity index (χ3v) is 13.4. The van der Waals surface area contributed by atoms with Crippen LogP contribution in [-0.2, 0) is 14.3 Å². The SMILES string of the molecule is CCCCCCCCCCCCCC[C@@H](O)[C@@H](O)[C@H](CO[C@H]1O[C@H](CO)[C@H](O)[C@H](O)[C@H]1O)NC(=O)CCCCCCCCCCCCCCCCCCCCCCCCCBr. The number of ether oxygens (including phenoxy) is 2. The average molecular weight is 937 g/mol. The predicted molar refractivity (Wildman–Crippen MR) is 254 cm³/mol. The highest BCUT2D eigenvalue weighted by atomic mass is 79.9. The van der Waals surface area contributed by atoms with Crippen molar-refractivity contribution in [3.05, 3.63) is 0 Å². The van der Waals surface area contributed by atoms with Crippen LogP contribution in [0.4, 0.5) is 0 Å². The number of rotatable bonds is 45. The molecule has 7 N–H and O–H groups in total. The molecule has 1 rings (SSSR count). The molecule has 61 heavy (non-hydrogen) atoms. The molecule has 0 spiro atoms. The van der Waals surface area contributed by atoms with Gasteiger partial charge < -0.3 is 45.4 Å². The molecule has 1 saturated heterocycles. The van der Waals surface area contributed by atoms with Crippen molar-refractivity contribution in [2.75, 3.05) is 18.5 Å². The average Bonchev–Trinajstić information content (AvgIpc) is 3.26. The topological polar surface area (TPSA) is 169 Å². The molecule has 11 heteroatoms. The minimum absolute atomic E-state index is 0.253. The van der Waals surface area contributed by atoms with Crippen LogP contribution in [0.1, 0.15) is 244 Å². The van der Waals surface area contributed by atoms with Crippen molar-refractivity contribution in [3.8, 4) is 0 Å². The first-order chi connectivity index (χ1) is 29.8. The van der Waals surface area contributed by atoms with E-state index in [0.29, 0.717) is 6.42 Å². The summed E-state index contributed by atoms with van der Waals surface area (Å²) >= 11 is 3.51. The summed E-state index contributed by atoms with van der Waals surface area (Å²) in [6.45, 7) is 1.34. The highest BCUT2D eigenvalue weighted by Gasteiger charge is 2.44. The van der Waals surface area contributed by atoms with E-state index in [1.165, 1.54) is 180 Å². The van der Waals surface area contributed by atoms with E-state index in [2.05, 4.69) is 28.2 Å². The van der Waals surface area contributed by atoms with Crippen molar-refractivity contribution in [2.24, 2.45) is 0 Å². The standard InChI is InChI=1S/C50H98BrNO9/c1-2-3-4-5-6-7-8-22-25-28-31-34-37-43(54)46(56)42(41-60-50-49(59)48(58)47(57)44(40-53)61-50)52-45(55)38-35-32-29-26-23-20-18-16-14-12-10-9-11-13-15-17-19-21-24-27-30-33-36-39-51/h42-44,46-50,53-54,56-59H,2-41H2,1H3,(H,52,55)/t42-,43+,44+,46-,47-,48-,49+,50-/m0/s1. The van der Waals surface area contributed by atoms with E-state index in [1.54, 1.807) is 0 Å². The summed E-state index contributed by atoms with van der Waals surface area (Å²) in [6.07, 6.45) is 35.3. The Kier molecular flexibility index (Phi) is 40.6. The quantitative estimate of drug-likeness (QED) is 0.0232. The Balaban J connectivity index is 2.24. The number of aliphatic hydroxyl groups excluding tert-OH is 6. The summed E-state index contributed by atoms with van der Waals surface area (Å²) in [6, 6.07) is -0.986. The Morgan fingerprint density at radius 2 is 0.934 bits per heavy atom. The molecule has 1 aliphatic heterocycles. The molecule has 1 aliphatic rings. The first-order valence-electron chi connectivity index (χ1n) is 25.9. The molecule has 0 aromatic heterocycles. The molecule has 364 valence electrons. The van der Waals surface area contributed by atoms with Crippen LogP contribution in [0.5, 0.6) is 0 Å². The normalized spacial score (nSPS) is 20.8. The van der Waals surface area contributed by atoms with E-state index >= 15 is 0 Å². The summed E-state index contributed by atoms with van der Waals surface area (Å²) in [5, 5.41) is 66.4. The van der Waals surface area contributed by atoms with Crippen molar-refractivity contribution in [3.63, 3.8) is 0 Å². The fraction of sp³-hybridized carbons (Fsp3) is 0.980.